The molecule has 1 aliphatic heterocycles. The molecule has 0 aromatic rings. The molecule has 2 aliphatic carbocycles. The van der Waals surface area contributed by atoms with E-state index < -0.39 is 0 Å². The van der Waals surface area contributed by atoms with E-state index in [4.69, 9.17) is 4.74 Å². The Labute approximate surface area is 102 Å². The number of carbonyl (C=O) groups excluding carboxylic acids is 1. The second-order valence-corrected chi connectivity index (χ2v) is 5.71. The van der Waals surface area contributed by atoms with Crippen molar-refractivity contribution in [3.8, 4) is 0 Å². The van der Waals surface area contributed by atoms with Gasteiger partial charge >= 0.3 is 5.97 Å². The summed E-state index contributed by atoms with van der Waals surface area (Å²) in [5.74, 6) is 0.0196. The van der Waals surface area contributed by atoms with Gasteiger partial charge in [0.05, 0.1) is 0 Å². The Morgan fingerprint density at radius 2 is 2.29 bits per heavy atom. The van der Waals surface area contributed by atoms with Crippen LogP contribution in [0.3, 0.4) is 0 Å². The number of hydrogen-bond donors (Lipinski definition) is 0. The smallest absolute Gasteiger partial charge is 0.334 e. The zero-order valence-corrected chi connectivity index (χ0v) is 10.5. The molecule has 0 N–H and O–H groups in total. The Morgan fingerprint density at radius 1 is 1.53 bits per heavy atom. The maximum Gasteiger partial charge on any atom is 0.334 e. The lowest BCUT2D eigenvalue weighted by atomic mass is 9.62. The number of esters is 1. The second-order valence-electron chi connectivity index (χ2n) is 5.71. The monoisotopic (exact) mass is 230 g/mol. The topological polar surface area (TPSA) is 26.3 Å². The van der Waals surface area contributed by atoms with Crippen LogP contribution in [-0.2, 0) is 9.53 Å². The third kappa shape index (κ3) is 1.36. The number of hydrogen-bond acceptors (Lipinski definition) is 2. The van der Waals surface area contributed by atoms with Crippen LogP contribution < -0.4 is 0 Å². The molecule has 3 rings (SSSR count). The normalized spacial score (nSPS) is 40.1. The van der Waals surface area contributed by atoms with Crippen LogP contribution in [0.2, 0.25) is 0 Å². The predicted octanol–water partition coefficient (Wildman–Crippen LogP) is 3.16. The molecular formula is C15H18O2. The van der Waals surface area contributed by atoms with Crippen molar-refractivity contribution in [2.75, 3.05) is 0 Å². The van der Waals surface area contributed by atoms with Crippen LogP contribution in [0, 0.1) is 11.3 Å². The zero-order chi connectivity index (χ0) is 12.2. The van der Waals surface area contributed by atoms with Gasteiger partial charge in [0, 0.05) is 16.9 Å². The Bertz CT molecular complexity index is 469. The van der Waals surface area contributed by atoms with Gasteiger partial charge in [-0.05, 0) is 31.8 Å². The van der Waals surface area contributed by atoms with Crippen molar-refractivity contribution in [2.24, 2.45) is 11.3 Å². The average Bonchev–Trinajstić information content (AvgIpc) is 2.54. The highest BCUT2D eigenvalue weighted by molar-refractivity contribution is 5.91. The molecule has 3 unspecified atom stereocenters. The molecular weight excluding hydrogens is 212 g/mol. The summed E-state index contributed by atoms with van der Waals surface area (Å²) in [7, 11) is 0. The van der Waals surface area contributed by atoms with Crippen molar-refractivity contribution in [3.05, 3.63) is 35.5 Å². The third-order valence-corrected chi connectivity index (χ3v) is 4.55. The summed E-state index contributed by atoms with van der Waals surface area (Å²) in [6.45, 7) is 8.31. The maximum absolute atomic E-state index is 11.7. The molecule has 90 valence electrons. The molecule has 0 bridgehead atoms. The van der Waals surface area contributed by atoms with Gasteiger partial charge in [0.25, 0.3) is 0 Å². The van der Waals surface area contributed by atoms with Gasteiger partial charge in [-0.25, -0.2) is 4.79 Å². The molecule has 2 fully saturated rings. The van der Waals surface area contributed by atoms with E-state index in [2.05, 4.69) is 32.6 Å². The van der Waals surface area contributed by atoms with Gasteiger partial charge in [0.2, 0.25) is 0 Å². The number of ether oxygens (including phenoxy) is 1. The van der Waals surface area contributed by atoms with Crippen LogP contribution in [-0.4, -0.2) is 12.1 Å². The fraction of sp³-hybridized carbons (Fsp3) is 0.533. The molecule has 0 aromatic carbocycles. The van der Waals surface area contributed by atoms with E-state index in [1.165, 1.54) is 11.1 Å². The van der Waals surface area contributed by atoms with Crippen molar-refractivity contribution in [2.45, 2.75) is 39.2 Å². The van der Waals surface area contributed by atoms with E-state index in [0.29, 0.717) is 5.57 Å². The fourth-order valence-electron chi connectivity index (χ4n) is 3.62. The van der Waals surface area contributed by atoms with E-state index in [1.807, 2.05) is 0 Å². The van der Waals surface area contributed by atoms with Crippen LogP contribution in [0.4, 0.5) is 0 Å². The summed E-state index contributed by atoms with van der Waals surface area (Å²) >= 11 is 0. The van der Waals surface area contributed by atoms with Crippen LogP contribution in [0.1, 0.15) is 33.1 Å². The van der Waals surface area contributed by atoms with Crippen molar-refractivity contribution in [1.82, 2.24) is 0 Å². The summed E-state index contributed by atoms with van der Waals surface area (Å²) in [6, 6.07) is 0. The van der Waals surface area contributed by atoms with Gasteiger partial charge in [0.1, 0.15) is 6.10 Å². The van der Waals surface area contributed by atoms with E-state index in [9.17, 15) is 4.79 Å². The number of carbonyl (C=O) groups is 1. The van der Waals surface area contributed by atoms with Gasteiger partial charge in [-0.2, -0.15) is 0 Å². The zero-order valence-electron chi connectivity index (χ0n) is 10.5. The average molecular weight is 230 g/mol. The first-order valence-corrected chi connectivity index (χ1v) is 6.30. The molecule has 1 heterocycles. The van der Waals surface area contributed by atoms with Crippen molar-refractivity contribution >= 4 is 5.97 Å². The van der Waals surface area contributed by atoms with Crippen molar-refractivity contribution in [3.63, 3.8) is 0 Å². The van der Waals surface area contributed by atoms with E-state index in [0.717, 1.165) is 19.3 Å². The molecule has 1 saturated heterocycles. The summed E-state index contributed by atoms with van der Waals surface area (Å²) in [5.41, 5.74) is 3.47. The van der Waals surface area contributed by atoms with Crippen molar-refractivity contribution < 1.29 is 9.53 Å². The maximum atomic E-state index is 11.7. The summed E-state index contributed by atoms with van der Waals surface area (Å²) in [4.78, 5) is 11.7. The molecule has 3 atom stereocenters. The van der Waals surface area contributed by atoms with Gasteiger partial charge in [-0.1, -0.05) is 31.2 Å². The molecule has 2 heteroatoms. The molecule has 0 spiro atoms. The standard InChI is InChI=1S/C15H18O2/c1-9-5-4-7-15(3)8-6-11-10(2)14(16)17-13(11)12(9)15/h4,7,11,13H,2,5-6,8H2,1,3H3. The minimum atomic E-state index is -0.195. The lowest BCUT2D eigenvalue weighted by molar-refractivity contribution is -0.138. The largest absolute Gasteiger partial charge is 0.454 e. The summed E-state index contributed by atoms with van der Waals surface area (Å²) in [6.07, 6.45) is 7.57. The highest BCUT2D eigenvalue weighted by atomic mass is 16.6. The van der Waals surface area contributed by atoms with Crippen molar-refractivity contribution in [1.29, 1.82) is 0 Å². The summed E-state index contributed by atoms with van der Waals surface area (Å²) < 4.78 is 5.55. The molecule has 3 aliphatic rings. The van der Waals surface area contributed by atoms with Crippen LogP contribution in [0.15, 0.2) is 35.5 Å². The Balaban J connectivity index is 2.08. The Kier molecular flexibility index (Phi) is 2.13. The highest BCUT2D eigenvalue weighted by Crippen LogP contribution is 2.52. The number of fused-ring (bicyclic) bond motifs is 3. The number of rotatable bonds is 0. The Hall–Kier alpha value is -1.31. The fourth-order valence-corrected chi connectivity index (χ4v) is 3.62. The van der Waals surface area contributed by atoms with Gasteiger partial charge in [-0.15, -0.1) is 0 Å². The molecule has 0 radical (unpaired) electrons. The lowest BCUT2D eigenvalue weighted by Crippen LogP contribution is -2.37. The van der Waals surface area contributed by atoms with Gasteiger partial charge < -0.3 is 4.74 Å². The second kappa shape index (κ2) is 3.34. The lowest BCUT2D eigenvalue weighted by Gasteiger charge is -2.42. The first kappa shape index (κ1) is 10.8. The quantitative estimate of drug-likeness (QED) is 0.363. The van der Waals surface area contributed by atoms with Crippen LogP contribution in [0.25, 0.3) is 0 Å². The van der Waals surface area contributed by atoms with Crippen LogP contribution >= 0.6 is 0 Å². The highest BCUT2D eigenvalue weighted by Gasteiger charge is 2.50. The van der Waals surface area contributed by atoms with E-state index in [1.54, 1.807) is 0 Å². The van der Waals surface area contributed by atoms with Crippen LogP contribution in [0.5, 0.6) is 0 Å². The van der Waals surface area contributed by atoms with E-state index >= 15 is 0 Å². The third-order valence-electron chi connectivity index (χ3n) is 4.55. The molecule has 2 nitrogen and oxygen atoms in total. The van der Waals surface area contributed by atoms with Gasteiger partial charge in [-0.3, -0.25) is 0 Å². The molecule has 17 heavy (non-hydrogen) atoms. The molecule has 1 saturated carbocycles. The first-order chi connectivity index (χ1) is 8.03. The SMILES string of the molecule is C=C1C(=O)OC2C3=C(C)CC=CC3(C)CCC12. The summed E-state index contributed by atoms with van der Waals surface area (Å²) in [5, 5.41) is 0. The van der Waals surface area contributed by atoms with E-state index in [-0.39, 0.29) is 23.4 Å². The minimum Gasteiger partial charge on any atom is -0.454 e. The predicted molar refractivity (Wildman–Crippen MR) is 66.3 cm³/mol. The molecule has 0 aromatic heterocycles. The Morgan fingerprint density at radius 3 is 3.06 bits per heavy atom. The minimum absolute atomic E-state index is 0.0429. The molecule has 0 amide bonds. The number of allylic oxidation sites excluding steroid dienone is 3. The van der Waals surface area contributed by atoms with Gasteiger partial charge in [0.15, 0.2) is 0 Å². The first-order valence-electron chi connectivity index (χ1n) is 6.30.